The summed E-state index contributed by atoms with van der Waals surface area (Å²) < 4.78 is 27.9. The SMILES string of the molecule is N#Cc1cnn(C2CN(Cc3cc(F)cc(F)c3)C2)c1. The molecule has 1 aromatic heterocycles. The molecule has 102 valence electrons. The lowest BCUT2D eigenvalue weighted by Crippen LogP contribution is -2.47. The van der Waals surface area contributed by atoms with Crippen molar-refractivity contribution in [3.05, 3.63) is 53.4 Å². The molecule has 0 aliphatic carbocycles. The van der Waals surface area contributed by atoms with E-state index in [2.05, 4.69) is 10.00 Å². The maximum absolute atomic E-state index is 13.1. The Morgan fingerprint density at radius 3 is 2.55 bits per heavy atom. The first kappa shape index (κ1) is 12.8. The van der Waals surface area contributed by atoms with Crippen LogP contribution in [0.3, 0.4) is 0 Å². The molecule has 20 heavy (non-hydrogen) atoms. The monoisotopic (exact) mass is 274 g/mol. The number of halogens is 2. The molecule has 1 saturated heterocycles. The van der Waals surface area contributed by atoms with Crippen LogP contribution in [0.1, 0.15) is 17.2 Å². The van der Waals surface area contributed by atoms with E-state index in [1.807, 2.05) is 6.07 Å². The smallest absolute Gasteiger partial charge is 0.126 e. The maximum Gasteiger partial charge on any atom is 0.126 e. The molecule has 4 nitrogen and oxygen atoms in total. The number of hydrogen-bond donors (Lipinski definition) is 0. The van der Waals surface area contributed by atoms with Gasteiger partial charge in [-0.25, -0.2) is 8.78 Å². The first-order valence-electron chi connectivity index (χ1n) is 6.25. The largest absolute Gasteiger partial charge is 0.295 e. The summed E-state index contributed by atoms with van der Waals surface area (Å²) in [5, 5.41) is 12.9. The Balaban J connectivity index is 1.59. The van der Waals surface area contributed by atoms with Crippen LogP contribution in [0.5, 0.6) is 0 Å². The van der Waals surface area contributed by atoms with Gasteiger partial charge in [0.05, 0.1) is 17.8 Å². The number of nitriles is 1. The Bertz CT molecular complexity index is 648. The second-order valence-electron chi connectivity index (χ2n) is 4.95. The molecule has 1 fully saturated rings. The molecule has 6 heteroatoms. The van der Waals surface area contributed by atoms with E-state index in [0.29, 0.717) is 17.7 Å². The zero-order valence-corrected chi connectivity index (χ0v) is 10.6. The molecule has 1 aromatic carbocycles. The van der Waals surface area contributed by atoms with E-state index in [9.17, 15) is 8.78 Å². The minimum Gasteiger partial charge on any atom is -0.295 e. The summed E-state index contributed by atoms with van der Waals surface area (Å²) in [6.45, 7) is 2.02. The molecule has 3 rings (SSSR count). The van der Waals surface area contributed by atoms with Crippen molar-refractivity contribution < 1.29 is 8.78 Å². The van der Waals surface area contributed by atoms with Crippen LogP contribution < -0.4 is 0 Å². The van der Waals surface area contributed by atoms with Crippen LogP contribution in [0.2, 0.25) is 0 Å². The minimum atomic E-state index is -0.553. The molecule has 2 aromatic rings. The van der Waals surface area contributed by atoms with E-state index in [-0.39, 0.29) is 6.04 Å². The number of aromatic nitrogens is 2. The Morgan fingerprint density at radius 1 is 1.25 bits per heavy atom. The first-order chi connectivity index (χ1) is 9.64. The van der Waals surface area contributed by atoms with Gasteiger partial charge in [-0.15, -0.1) is 0 Å². The van der Waals surface area contributed by atoms with Gasteiger partial charge in [0.2, 0.25) is 0 Å². The van der Waals surface area contributed by atoms with Crippen molar-refractivity contribution in [1.82, 2.24) is 14.7 Å². The van der Waals surface area contributed by atoms with Crippen molar-refractivity contribution >= 4 is 0 Å². The Morgan fingerprint density at radius 2 is 1.95 bits per heavy atom. The van der Waals surface area contributed by atoms with Crippen LogP contribution >= 0.6 is 0 Å². The molecule has 1 aliphatic heterocycles. The fourth-order valence-electron chi connectivity index (χ4n) is 2.39. The maximum atomic E-state index is 13.1. The van der Waals surface area contributed by atoms with Gasteiger partial charge in [0, 0.05) is 31.9 Å². The summed E-state index contributed by atoms with van der Waals surface area (Å²) in [4.78, 5) is 2.08. The number of rotatable bonds is 3. The van der Waals surface area contributed by atoms with E-state index >= 15 is 0 Å². The Kier molecular flexibility index (Phi) is 3.20. The normalized spacial score (nSPS) is 15.8. The fraction of sp³-hybridized carbons (Fsp3) is 0.286. The van der Waals surface area contributed by atoms with E-state index in [1.54, 1.807) is 10.9 Å². The summed E-state index contributed by atoms with van der Waals surface area (Å²) in [6, 6.07) is 5.81. The van der Waals surface area contributed by atoms with Crippen molar-refractivity contribution in [1.29, 1.82) is 5.26 Å². The highest BCUT2D eigenvalue weighted by Crippen LogP contribution is 2.23. The van der Waals surface area contributed by atoms with Gasteiger partial charge >= 0.3 is 0 Å². The molecule has 0 radical (unpaired) electrons. The fourth-order valence-corrected chi connectivity index (χ4v) is 2.39. The third-order valence-corrected chi connectivity index (χ3v) is 3.37. The quantitative estimate of drug-likeness (QED) is 0.861. The lowest BCUT2D eigenvalue weighted by molar-refractivity contribution is 0.0907. The summed E-state index contributed by atoms with van der Waals surface area (Å²) in [7, 11) is 0. The van der Waals surface area contributed by atoms with Gasteiger partial charge < -0.3 is 0 Å². The minimum absolute atomic E-state index is 0.218. The molecule has 0 amide bonds. The number of hydrogen-bond acceptors (Lipinski definition) is 3. The predicted octanol–water partition coefficient (Wildman–Crippen LogP) is 2.09. The number of benzene rings is 1. The molecular formula is C14H12F2N4. The van der Waals surface area contributed by atoms with Crippen molar-refractivity contribution in [2.75, 3.05) is 13.1 Å². The average molecular weight is 274 g/mol. The highest BCUT2D eigenvalue weighted by atomic mass is 19.1. The highest BCUT2D eigenvalue weighted by molar-refractivity contribution is 5.22. The van der Waals surface area contributed by atoms with Gasteiger partial charge in [0.1, 0.15) is 17.7 Å². The molecule has 0 saturated carbocycles. The van der Waals surface area contributed by atoms with Crippen LogP contribution in [0.15, 0.2) is 30.6 Å². The van der Waals surface area contributed by atoms with Crippen molar-refractivity contribution in [2.24, 2.45) is 0 Å². The third kappa shape index (κ3) is 2.53. The summed E-state index contributed by atoms with van der Waals surface area (Å²) in [5.74, 6) is -1.11. The van der Waals surface area contributed by atoms with E-state index in [1.165, 1.54) is 18.3 Å². The van der Waals surface area contributed by atoms with E-state index in [4.69, 9.17) is 5.26 Å². The molecule has 2 heterocycles. The van der Waals surface area contributed by atoms with E-state index in [0.717, 1.165) is 19.2 Å². The Hall–Kier alpha value is -2.26. The van der Waals surface area contributed by atoms with Gasteiger partial charge in [0.25, 0.3) is 0 Å². The molecule has 0 unspecified atom stereocenters. The summed E-state index contributed by atoms with van der Waals surface area (Å²) in [5.41, 5.74) is 1.16. The zero-order valence-electron chi connectivity index (χ0n) is 10.6. The van der Waals surface area contributed by atoms with Gasteiger partial charge in [0.15, 0.2) is 0 Å². The Labute approximate surface area is 114 Å². The van der Waals surface area contributed by atoms with Crippen LogP contribution in [0, 0.1) is 23.0 Å². The first-order valence-corrected chi connectivity index (χ1v) is 6.25. The zero-order chi connectivity index (χ0) is 14.1. The molecule has 0 atom stereocenters. The van der Waals surface area contributed by atoms with Crippen molar-refractivity contribution in [3.8, 4) is 6.07 Å². The van der Waals surface area contributed by atoms with Gasteiger partial charge in [-0.1, -0.05) is 0 Å². The topological polar surface area (TPSA) is 44.9 Å². The average Bonchev–Trinajstić information content (AvgIpc) is 2.80. The molecule has 0 bridgehead atoms. The van der Waals surface area contributed by atoms with Crippen LogP contribution in [-0.4, -0.2) is 27.8 Å². The number of likely N-dealkylation sites (tertiary alicyclic amines) is 1. The van der Waals surface area contributed by atoms with Crippen LogP contribution in [0.4, 0.5) is 8.78 Å². The van der Waals surface area contributed by atoms with Crippen LogP contribution in [-0.2, 0) is 6.54 Å². The third-order valence-electron chi connectivity index (χ3n) is 3.37. The standard InChI is InChI=1S/C14H12F2N4/c15-12-1-10(2-13(16)3-12)6-19-8-14(9-19)20-7-11(4-17)5-18-20/h1-3,5,7,14H,6,8-9H2. The van der Waals surface area contributed by atoms with Crippen LogP contribution in [0.25, 0.3) is 0 Å². The lowest BCUT2D eigenvalue weighted by atomic mass is 10.1. The highest BCUT2D eigenvalue weighted by Gasteiger charge is 2.28. The van der Waals surface area contributed by atoms with Gasteiger partial charge in [-0.05, 0) is 17.7 Å². The summed E-state index contributed by atoms with van der Waals surface area (Å²) >= 11 is 0. The van der Waals surface area contributed by atoms with Gasteiger partial charge in [-0.3, -0.25) is 9.58 Å². The lowest BCUT2D eigenvalue weighted by Gasteiger charge is -2.39. The molecule has 0 spiro atoms. The molecular weight excluding hydrogens is 262 g/mol. The molecule has 1 aliphatic rings. The van der Waals surface area contributed by atoms with Gasteiger partial charge in [-0.2, -0.15) is 10.4 Å². The summed E-state index contributed by atoms with van der Waals surface area (Å²) in [6.07, 6.45) is 3.24. The second-order valence-corrected chi connectivity index (χ2v) is 4.95. The van der Waals surface area contributed by atoms with E-state index < -0.39 is 11.6 Å². The molecule has 0 N–H and O–H groups in total. The van der Waals surface area contributed by atoms with Crippen molar-refractivity contribution in [2.45, 2.75) is 12.6 Å². The second kappa shape index (κ2) is 5.02. The number of nitrogens with zero attached hydrogens (tertiary/aromatic N) is 4. The predicted molar refractivity (Wildman–Crippen MR) is 67.6 cm³/mol. The van der Waals surface area contributed by atoms with Crippen molar-refractivity contribution in [3.63, 3.8) is 0 Å².